The lowest BCUT2D eigenvalue weighted by Crippen LogP contribution is -2.50. The Balaban J connectivity index is 2.12. The van der Waals surface area contributed by atoms with Gasteiger partial charge in [0.15, 0.2) is 0 Å². The standard InChI is InChI=1S/C8H15BrO3/c1-10-3-4-12-8-6(9)5-7(8)11-2/h6-8H,3-5H2,1-2H3. The van der Waals surface area contributed by atoms with Gasteiger partial charge in [-0.3, -0.25) is 0 Å². The number of ether oxygens (including phenoxy) is 3. The normalized spacial score (nSPS) is 34.8. The first-order valence-corrected chi connectivity index (χ1v) is 4.98. The maximum atomic E-state index is 5.54. The summed E-state index contributed by atoms with van der Waals surface area (Å²) in [5, 5.41) is 0. The fourth-order valence-electron chi connectivity index (χ4n) is 1.24. The van der Waals surface area contributed by atoms with E-state index in [0.717, 1.165) is 6.42 Å². The molecule has 0 aromatic heterocycles. The molecule has 0 heterocycles. The molecule has 0 aromatic carbocycles. The lowest BCUT2D eigenvalue weighted by molar-refractivity contribution is -0.113. The van der Waals surface area contributed by atoms with Crippen molar-refractivity contribution in [3.8, 4) is 0 Å². The van der Waals surface area contributed by atoms with Gasteiger partial charge in [0, 0.05) is 19.0 Å². The molecule has 12 heavy (non-hydrogen) atoms. The first kappa shape index (κ1) is 10.4. The Morgan fingerprint density at radius 3 is 2.58 bits per heavy atom. The zero-order chi connectivity index (χ0) is 8.97. The summed E-state index contributed by atoms with van der Waals surface area (Å²) >= 11 is 3.51. The minimum absolute atomic E-state index is 0.199. The van der Waals surface area contributed by atoms with E-state index in [1.165, 1.54) is 0 Å². The summed E-state index contributed by atoms with van der Waals surface area (Å²) in [6, 6.07) is 0. The third-order valence-corrected chi connectivity index (χ3v) is 2.98. The van der Waals surface area contributed by atoms with E-state index in [1.54, 1.807) is 14.2 Å². The molecule has 1 rings (SSSR count). The Bertz CT molecular complexity index is 131. The third kappa shape index (κ3) is 2.42. The van der Waals surface area contributed by atoms with Gasteiger partial charge < -0.3 is 14.2 Å². The van der Waals surface area contributed by atoms with E-state index in [1.807, 2.05) is 0 Å². The summed E-state index contributed by atoms with van der Waals surface area (Å²) in [6.07, 6.45) is 1.49. The molecule has 0 saturated heterocycles. The summed E-state index contributed by atoms with van der Waals surface area (Å²) in [6.45, 7) is 1.29. The minimum Gasteiger partial charge on any atom is -0.382 e. The summed E-state index contributed by atoms with van der Waals surface area (Å²) in [5.41, 5.74) is 0. The first-order valence-electron chi connectivity index (χ1n) is 4.07. The van der Waals surface area contributed by atoms with Crippen LogP contribution in [0.3, 0.4) is 0 Å². The highest BCUT2D eigenvalue weighted by Gasteiger charge is 2.40. The Morgan fingerprint density at radius 2 is 2.08 bits per heavy atom. The van der Waals surface area contributed by atoms with E-state index in [0.29, 0.717) is 18.0 Å². The molecule has 72 valence electrons. The summed E-state index contributed by atoms with van der Waals surface area (Å²) < 4.78 is 15.6. The molecule has 3 atom stereocenters. The van der Waals surface area contributed by atoms with Crippen molar-refractivity contribution < 1.29 is 14.2 Å². The highest BCUT2D eigenvalue weighted by atomic mass is 79.9. The molecule has 1 aliphatic carbocycles. The fourth-order valence-corrected chi connectivity index (χ4v) is 2.10. The Morgan fingerprint density at radius 1 is 1.33 bits per heavy atom. The molecule has 0 aromatic rings. The van der Waals surface area contributed by atoms with Gasteiger partial charge >= 0.3 is 0 Å². The molecular weight excluding hydrogens is 224 g/mol. The highest BCUT2D eigenvalue weighted by molar-refractivity contribution is 9.09. The summed E-state index contributed by atoms with van der Waals surface area (Å²) in [4.78, 5) is 0.444. The second kappa shape index (κ2) is 5.17. The molecule has 3 unspecified atom stereocenters. The monoisotopic (exact) mass is 238 g/mol. The van der Waals surface area contributed by atoms with Crippen LogP contribution in [0.15, 0.2) is 0 Å². The van der Waals surface area contributed by atoms with E-state index < -0.39 is 0 Å². The van der Waals surface area contributed by atoms with Crippen molar-refractivity contribution in [3.63, 3.8) is 0 Å². The molecule has 0 aliphatic heterocycles. The van der Waals surface area contributed by atoms with Gasteiger partial charge in [0.2, 0.25) is 0 Å². The molecule has 3 nitrogen and oxygen atoms in total. The number of alkyl halides is 1. The average Bonchev–Trinajstić information content (AvgIpc) is 2.08. The smallest absolute Gasteiger partial charge is 0.0963 e. The van der Waals surface area contributed by atoms with Crippen LogP contribution < -0.4 is 0 Å². The molecule has 0 amide bonds. The van der Waals surface area contributed by atoms with Gasteiger partial charge in [0.25, 0.3) is 0 Å². The van der Waals surface area contributed by atoms with Gasteiger partial charge in [-0.2, -0.15) is 0 Å². The first-order chi connectivity index (χ1) is 5.79. The van der Waals surface area contributed by atoms with Crippen LogP contribution in [-0.2, 0) is 14.2 Å². The molecule has 0 bridgehead atoms. The van der Waals surface area contributed by atoms with E-state index >= 15 is 0 Å². The largest absolute Gasteiger partial charge is 0.382 e. The number of halogens is 1. The Hall–Kier alpha value is 0.360. The summed E-state index contributed by atoms with van der Waals surface area (Å²) in [5.74, 6) is 0. The molecule has 1 aliphatic rings. The van der Waals surface area contributed by atoms with Crippen molar-refractivity contribution in [2.45, 2.75) is 23.5 Å². The van der Waals surface area contributed by atoms with E-state index in [2.05, 4.69) is 15.9 Å². The van der Waals surface area contributed by atoms with Crippen molar-refractivity contribution in [1.82, 2.24) is 0 Å². The van der Waals surface area contributed by atoms with Gasteiger partial charge in [0.1, 0.15) is 0 Å². The zero-order valence-electron chi connectivity index (χ0n) is 7.46. The van der Waals surface area contributed by atoms with Gasteiger partial charge in [-0.1, -0.05) is 15.9 Å². The number of methoxy groups -OCH3 is 2. The second-order valence-electron chi connectivity index (χ2n) is 2.85. The van der Waals surface area contributed by atoms with Crippen LogP contribution in [0.5, 0.6) is 0 Å². The Kier molecular flexibility index (Phi) is 4.50. The zero-order valence-corrected chi connectivity index (χ0v) is 9.04. The van der Waals surface area contributed by atoms with Crippen molar-refractivity contribution >= 4 is 15.9 Å². The SMILES string of the molecule is COCCOC1C(Br)CC1OC. The minimum atomic E-state index is 0.199. The van der Waals surface area contributed by atoms with Crippen molar-refractivity contribution in [1.29, 1.82) is 0 Å². The van der Waals surface area contributed by atoms with E-state index in [4.69, 9.17) is 14.2 Å². The quantitative estimate of drug-likeness (QED) is 0.533. The topological polar surface area (TPSA) is 27.7 Å². The summed E-state index contributed by atoms with van der Waals surface area (Å²) in [7, 11) is 3.39. The van der Waals surface area contributed by atoms with Gasteiger partial charge in [-0.15, -0.1) is 0 Å². The number of hydrogen-bond acceptors (Lipinski definition) is 3. The van der Waals surface area contributed by atoms with Crippen LogP contribution in [0.4, 0.5) is 0 Å². The van der Waals surface area contributed by atoms with Crippen molar-refractivity contribution in [2.75, 3.05) is 27.4 Å². The predicted molar refractivity (Wildman–Crippen MR) is 49.7 cm³/mol. The molecular formula is C8H15BrO3. The third-order valence-electron chi connectivity index (χ3n) is 2.08. The van der Waals surface area contributed by atoms with Gasteiger partial charge in [0.05, 0.1) is 25.4 Å². The number of rotatable bonds is 5. The van der Waals surface area contributed by atoms with Gasteiger partial charge in [-0.05, 0) is 6.42 Å². The lowest BCUT2D eigenvalue weighted by atomic mass is 9.91. The average molecular weight is 239 g/mol. The molecule has 0 radical (unpaired) electrons. The van der Waals surface area contributed by atoms with E-state index in [9.17, 15) is 0 Å². The molecule has 4 heteroatoms. The van der Waals surface area contributed by atoms with Crippen LogP contribution in [0.1, 0.15) is 6.42 Å². The molecule has 0 N–H and O–H groups in total. The highest BCUT2D eigenvalue weighted by Crippen LogP contribution is 2.32. The van der Waals surface area contributed by atoms with Crippen LogP contribution >= 0.6 is 15.9 Å². The van der Waals surface area contributed by atoms with Crippen LogP contribution in [0.25, 0.3) is 0 Å². The van der Waals surface area contributed by atoms with Crippen molar-refractivity contribution in [3.05, 3.63) is 0 Å². The van der Waals surface area contributed by atoms with Crippen molar-refractivity contribution in [2.24, 2.45) is 0 Å². The van der Waals surface area contributed by atoms with Crippen LogP contribution in [0, 0.1) is 0 Å². The lowest BCUT2D eigenvalue weighted by Gasteiger charge is -2.40. The molecule has 1 fully saturated rings. The molecule has 1 saturated carbocycles. The van der Waals surface area contributed by atoms with E-state index in [-0.39, 0.29) is 12.2 Å². The fraction of sp³-hybridized carbons (Fsp3) is 1.00. The second-order valence-corrected chi connectivity index (χ2v) is 4.03. The van der Waals surface area contributed by atoms with Gasteiger partial charge in [-0.25, -0.2) is 0 Å². The predicted octanol–water partition coefficient (Wildman–Crippen LogP) is 1.20. The van der Waals surface area contributed by atoms with Crippen LogP contribution in [0.2, 0.25) is 0 Å². The maximum absolute atomic E-state index is 5.54. The molecule has 0 spiro atoms. The maximum Gasteiger partial charge on any atom is 0.0963 e. The number of hydrogen-bond donors (Lipinski definition) is 0. The Labute approximate surface area is 81.5 Å². The van der Waals surface area contributed by atoms with Crippen LogP contribution in [-0.4, -0.2) is 44.5 Å².